The largest absolute Gasteiger partial charge is 0.482 e. The minimum atomic E-state index is -0.430. The fourth-order valence-electron chi connectivity index (χ4n) is 3.08. The summed E-state index contributed by atoms with van der Waals surface area (Å²) < 4.78 is 5.41. The zero-order valence-corrected chi connectivity index (χ0v) is 16.9. The maximum atomic E-state index is 12.6. The Kier molecular flexibility index (Phi) is 5.44. The highest BCUT2D eigenvalue weighted by Crippen LogP contribution is 2.30. The molecule has 1 N–H and O–H groups in total. The number of hydrogen-bond donors (Lipinski definition) is 1. The normalized spacial score (nSPS) is 12.7. The van der Waals surface area contributed by atoms with Crippen LogP contribution in [0.25, 0.3) is 0 Å². The van der Waals surface area contributed by atoms with Crippen LogP contribution in [0.4, 0.5) is 11.4 Å². The summed E-state index contributed by atoms with van der Waals surface area (Å²) >= 11 is 11.9. The van der Waals surface area contributed by atoms with Crippen molar-refractivity contribution in [3.05, 3.63) is 87.9 Å². The molecule has 0 radical (unpaired) electrons. The van der Waals surface area contributed by atoms with Crippen molar-refractivity contribution in [2.24, 2.45) is 0 Å². The Bertz CT molecular complexity index is 1140. The molecule has 0 aromatic heterocycles. The maximum absolute atomic E-state index is 12.6. The van der Waals surface area contributed by atoms with Crippen LogP contribution < -0.4 is 15.0 Å². The number of hydrogen-bond acceptors (Lipinski definition) is 4. The van der Waals surface area contributed by atoms with Crippen LogP contribution in [0.1, 0.15) is 20.7 Å². The Morgan fingerprint density at radius 1 is 0.900 bits per heavy atom. The number of nitrogens with zero attached hydrogens (tertiary/aromatic N) is 1. The molecule has 1 heterocycles. The molecule has 0 spiro atoms. The number of carbonyl (C=O) groups excluding carboxylic acids is 3. The molecule has 0 unspecified atom stereocenters. The molecular weight excluding hydrogens is 427 g/mol. The lowest BCUT2D eigenvalue weighted by atomic mass is 10.1. The predicted molar refractivity (Wildman–Crippen MR) is 115 cm³/mol. The molecule has 0 bridgehead atoms. The van der Waals surface area contributed by atoms with Gasteiger partial charge >= 0.3 is 0 Å². The van der Waals surface area contributed by atoms with Crippen LogP contribution in [0.5, 0.6) is 5.75 Å². The number of amides is 3. The van der Waals surface area contributed by atoms with Gasteiger partial charge in [0.15, 0.2) is 6.61 Å². The Balaban J connectivity index is 1.46. The molecule has 1 aliphatic rings. The first-order valence-electron chi connectivity index (χ1n) is 8.89. The fraction of sp³-hybridized carbons (Fsp3) is 0.0455. The molecule has 150 valence electrons. The second kappa shape index (κ2) is 8.18. The third kappa shape index (κ3) is 3.87. The van der Waals surface area contributed by atoms with Crippen molar-refractivity contribution < 1.29 is 19.1 Å². The lowest BCUT2D eigenvalue weighted by Crippen LogP contribution is -2.29. The van der Waals surface area contributed by atoms with Gasteiger partial charge in [-0.15, -0.1) is 0 Å². The van der Waals surface area contributed by atoms with Crippen molar-refractivity contribution >= 4 is 52.3 Å². The minimum absolute atomic E-state index is 0.279. The average Bonchev–Trinajstić information content (AvgIpc) is 2.98. The SMILES string of the molecule is O=C(COc1ccc(Cl)cc1Cl)Nc1cccc(N2C(=O)c3ccccc3C2=O)c1. The van der Waals surface area contributed by atoms with Crippen LogP contribution in [0.2, 0.25) is 10.0 Å². The van der Waals surface area contributed by atoms with Gasteiger partial charge in [-0.25, -0.2) is 4.90 Å². The minimum Gasteiger partial charge on any atom is -0.482 e. The summed E-state index contributed by atoms with van der Waals surface area (Å²) in [6, 6.07) is 17.8. The Labute approximate surface area is 182 Å². The molecule has 30 heavy (non-hydrogen) atoms. The Hall–Kier alpha value is -3.35. The molecule has 0 saturated carbocycles. The molecule has 1 aliphatic heterocycles. The van der Waals surface area contributed by atoms with Gasteiger partial charge in [0.2, 0.25) is 0 Å². The highest BCUT2D eigenvalue weighted by Gasteiger charge is 2.36. The topological polar surface area (TPSA) is 75.7 Å². The Morgan fingerprint density at radius 2 is 1.60 bits per heavy atom. The summed E-state index contributed by atoms with van der Waals surface area (Å²) in [6.45, 7) is -0.279. The monoisotopic (exact) mass is 440 g/mol. The molecule has 8 heteroatoms. The first-order chi connectivity index (χ1) is 14.4. The molecule has 3 aromatic carbocycles. The summed E-state index contributed by atoms with van der Waals surface area (Å²) in [5.74, 6) is -0.906. The lowest BCUT2D eigenvalue weighted by molar-refractivity contribution is -0.118. The number of benzene rings is 3. The van der Waals surface area contributed by atoms with E-state index in [1.165, 1.54) is 6.07 Å². The number of fused-ring (bicyclic) bond motifs is 1. The average molecular weight is 441 g/mol. The lowest BCUT2D eigenvalue weighted by Gasteiger charge is -2.15. The van der Waals surface area contributed by atoms with Gasteiger partial charge in [-0.3, -0.25) is 14.4 Å². The van der Waals surface area contributed by atoms with Crippen molar-refractivity contribution in [2.75, 3.05) is 16.8 Å². The van der Waals surface area contributed by atoms with E-state index >= 15 is 0 Å². The van der Waals surface area contributed by atoms with Crippen LogP contribution in [0, 0.1) is 0 Å². The fourth-order valence-corrected chi connectivity index (χ4v) is 3.54. The molecular formula is C22H14Cl2N2O4. The molecule has 4 rings (SSSR count). The summed E-state index contributed by atoms with van der Waals surface area (Å²) in [4.78, 5) is 38.6. The number of anilines is 2. The van der Waals surface area contributed by atoms with E-state index in [2.05, 4.69) is 5.32 Å². The maximum Gasteiger partial charge on any atom is 0.266 e. The van der Waals surface area contributed by atoms with E-state index in [4.69, 9.17) is 27.9 Å². The molecule has 0 fully saturated rings. The van der Waals surface area contributed by atoms with E-state index in [9.17, 15) is 14.4 Å². The zero-order valence-electron chi connectivity index (χ0n) is 15.4. The van der Waals surface area contributed by atoms with E-state index in [-0.39, 0.29) is 6.61 Å². The first-order valence-corrected chi connectivity index (χ1v) is 9.65. The Morgan fingerprint density at radius 3 is 2.27 bits per heavy atom. The van der Waals surface area contributed by atoms with E-state index < -0.39 is 17.7 Å². The van der Waals surface area contributed by atoms with E-state index in [0.717, 1.165) is 4.90 Å². The summed E-state index contributed by atoms with van der Waals surface area (Å²) in [7, 11) is 0. The van der Waals surface area contributed by atoms with Gasteiger partial charge in [0.25, 0.3) is 17.7 Å². The summed E-state index contributed by atoms with van der Waals surface area (Å²) in [5.41, 5.74) is 1.48. The molecule has 0 saturated heterocycles. The predicted octanol–water partition coefficient (Wildman–Crippen LogP) is 4.81. The summed E-state index contributed by atoms with van der Waals surface area (Å²) in [6.07, 6.45) is 0. The van der Waals surface area contributed by atoms with Crippen LogP contribution in [-0.4, -0.2) is 24.3 Å². The van der Waals surface area contributed by atoms with Gasteiger partial charge in [-0.05, 0) is 48.5 Å². The number of halogens is 2. The van der Waals surface area contributed by atoms with Crippen molar-refractivity contribution in [1.82, 2.24) is 0 Å². The van der Waals surface area contributed by atoms with Crippen LogP contribution in [0.3, 0.4) is 0 Å². The highest BCUT2D eigenvalue weighted by molar-refractivity contribution is 6.35. The van der Waals surface area contributed by atoms with Gasteiger partial charge in [0.05, 0.1) is 21.8 Å². The standard InChI is InChI=1S/C22H14Cl2N2O4/c23-13-8-9-19(18(24)10-13)30-12-20(27)25-14-4-3-5-15(11-14)26-21(28)16-6-1-2-7-17(16)22(26)29/h1-11H,12H2,(H,25,27). The van der Waals surface area contributed by atoms with Crippen molar-refractivity contribution in [1.29, 1.82) is 0 Å². The second-order valence-electron chi connectivity index (χ2n) is 6.45. The van der Waals surface area contributed by atoms with Crippen LogP contribution in [-0.2, 0) is 4.79 Å². The number of carbonyl (C=O) groups is 3. The highest BCUT2D eigenvalue weighted by atomic mass is 35.5. The molecule has 3 aromatic rings. The van der Waals surface area contributed by atoms with Crippen molar-refractivity contribution in [3.8, 4) is 5.75 Å². The van der Waals surface area contributed by atoms with Crippen molar-refractivity contribution in [3.63, 3.8) is 0 Å². The van der Waals surface area contributed by atoms with Crippen molar-refractivity contribution in [2.45, 2.75) is 0 Å². The number of imide groups is 1. The van der Waals surface area contributed by atoms with Crippen LogP contribution in [0.15, 0.2) is 66.7 Å². The van der Waals surface area contributed by atoms with Crippen LogP contribution >= 0.6 is 23.2 Å². The third-order valence-corrected chi connectivity index (χ3v) is 4.97. The molecule has 0 atom stereocenters. The number of nitrogens with one attached hydrogen (secondary N) is 1. The van der Waals surface area contributed by atoms with Gasteiger partial charge < -0.3 is 10.1 Å². The van der Waals surface area contributed by atoms with Gasteiger partial charge in [-0.2, -0.15) is 0 Å². The van der Waals surface area contributed by atoms with Gasteiger partial charge in [0, 0.05) is 10.7 Å². The van der Waals surface area contributed by atoms with E-state index in [0.29, 0.717) is 38.3 Å². The molecule has 0 aliphatic carbocycles. The third-order valence-electron chi connectivity index (χ3n) is 4.43. The quantitative estimate of drug-likeness (QED) is 0.577. The number of rotatable bonds is 5. The number of ether oxygens (including phenoxy) is 1. The first kappa shape index (κ1) is 19.9. The smallest absolute Gasteiger partial charge is 0.266 e. The second-order valence-corrected chi connectivity index (χ2v) is 7.30. The van der Waals surface area contributed by atoms with Gasteiger partial charge in [-0.1, -0.05) is 41.4 Å². The van der Waals surface area contributed by atoms with E-state index in [1.807, 2.05) is 0 Å². The molecule has 3 amide bonds. The molecule has 6 nitrogen and oxygen atoms in total. The summed E-state index contributed by atoms with van der Waals surface area (Å²) in [5, 5.41) is 3.43. The van der Waals surface area contributed by atoms with Gasteiger partial charge in [0.1, 0.15) is 5.75 Å². The zero-order chi connectivity index (χ0) is 21.3. The van der Waals surface area contributed by atoms with E-state index in [1.54, 1.807) is 60.7 Å².